The van der Waals surface area contributed by atoms with Gasteiger partial charge in [-0.2, -0.15) is 0 Å². The molecule has 4 rings (SSSR count). The lowest BCUT2D eigenvalue weighted by Gasteiger charge is -2.33. The summed E-state index contributed by atoms with van der Waals surface area (Å²) in [6.07, 6.45) is -2.92. The highest BCUT2D eigenvalue weighted by molar-refractivity contribution is 7.83. The SMILES string of the molecule is C=C1C=C2OC(F)(F)OC2=CC1S(=O)N(CC(C)C)CC(O)[C@H](Cc1ccc(OCc2ccccc2)cc1)NC(=O)OC(C)(C)C. The number of amides is 1. The number of carbonyl (C=O) groups excluding carboxylic acids is 1. The van der Waals surface area contributed by atoms with E-state index in [1.807, 2.05) is 68.4 Å². The first-order chi connectivity index (χ1) is 21.6. The van der Waals surface area contributed by atoms with E-state index in [-0.39, 0.29) is 30.4 Å². The minimum atomic E-state index is -3.82. The molecule has 0 bridgehead atoms. The van der Waals surface area contributed by atoms with Gasteiger partial charge in [0.2, 0.25) is 0 Å². The van der Waals surface area contributed by atoms with Crippen molar-refractivity contribution in [2.45, 2.75) is 76.9 Å². The highest BCUT2D eigenvalue weighted by atomic mass is 32.2. The van der Waals surface area contributed by atoms with Crippen LogP contribution in [0.4, 0.5) is 13.6 Å². The van der Waals surface area contributed by atoms with E-state index in [1.165, 1.54) is 12.2 Å². The van der Waals surface area contributed by atoms with E-state index in [0.717, 1.165) is 11.1 Å². The molecule has 12 heteroatoms. The highest BCUT2D eigenvalue weighted by Crippen LogP contribution is 2.41. The van der Waals surface area contributed by atoms with E-state index in [9.17, 15) is 22.9 Å². The lowest BCUT2D eigenvalue weighted by Crippen LogP contribution is -2.52. The lowest BCUT2D eigenvalue weighted by molar-refractivity contribution is -0.326. The molecule has 0 spiro atoms. The zero-order valence-electron chi connectivity index (χ0n) is 26.7. The van der Waals surface area contributed by atoms with E-state index in [2.05, 4.69) is 21.4 Å². The van der Waals surface area contributed by atoms with Crippen LogP contribution < -0.4 is 10.1 Å². The number of nitrogens with zero attached hydrogens (tertiary/aromatic N) is 1. The van der Waals surface area contributed by atoms with Gasteiger partial charge in [0.05, 0.1) is 17.4 Å². The number of ether oxygens (including phenoxy) is 4. The quantitative estimate of drug-likeness (QED) is 0.272. The molecule has 1 saturated heterocycles. The van der Waals surface area contributed by atoms with Gasteiger partial charge in [-0.1, -0.05) is 62.9 Å². The molecule has 4 atom stereocenters. The summed E-state index contributed by atoms with van der Waals surface area (Å²) in [4.78, 5) is 12.8. The van der Waals surface area contributed by atoms with E-state index >= 15 is 0 Å². The fourth-order valence-corrected chi connectivity index (χ4v) is 6.49. The van der Waals surface area contributed by atoms with Gasteiger partial charge in [0.15, 0.2) is 11.5 Å². The van der Waals surface area contributed by atoms with E-state index in [0.29, 0.717) is 24.5 Å². The van der Waals surface area contributed by atoms with Gasteiger partial charge in [-0.15, -0.1) is 8.78 Å². The Labute approximate surface area is 271 Å². The second-order valence-electron chi connectivity index (χ2n) is 12.7. The molecule has 1 aliphatic heterocycles. The second kappa shape index (κ2) is 14.8. The minimum Gasteiger partial charge on any atom is -0.489 e. The van der Waals surface area contributed by atoms with Crippen molar-refractivity contribution < 1.29 is 41.8 Å². The van der Waals surface area contributed by atoms with Gasteiger partial charge in [0.25, 0.3) is 0 Å². The van der Waals surface area contributed by atoms with Crippen LogP contribution in [0, 0.1) is 5.92 Å². The van der Waals surface area contributed by atoms with Crippen LogP contribution in [-0.4, -0.2) is 62.1 Å². The number of nitrogens with one attached hydrogen (secondary N) is 1. The largest absolute Gasteiger partial charge is 0.586 e. The van der Waals surface area contributed by atoms with Gasteiger partial charge in [-0.25, -0.2) is 13.3 Å². The Morgan fingerprint density at radius 3 is 2.35 bits per heavy atom. The molecule has 9 nitrogen and oxygen atoms in total. The third-order valence-electron chi connectivity index (χ3n) is 6.91. The Bertz CT molecular complexity index is 1460. The Kier molecular flexibility index (Phi) is 11.3. The molecule has 0 aromatic heterocycles. The third kappa shape index (κ3) is 10.1. The number of fused-ring (bicyclic) bond motifs is 1. The molecule has 1 aliphatic carbocycles. The van der Waals surface area contributed by atoms with Crippen molar-refractivity contribution >= 4 is 17.1 Å². The van der Waals surface area contributed by atoms with Gasteiger partial charge < -0.3 is 29.4 Å². The number of aliphatic hydroxyl groups is 1. The number of rotatable bonds is 13. The molecule has 0 radical (unpaired) electrons. The molecule has 1 amide bonds. The Hall–Kier alpha value is -3.74. The van der Waals surface area contributed by atoms with Gasteiger partial charge in [0, 0.05) is 13.1 Å². The maximum Gasteiger partial charge on any atom is 0.586 e. The molecule has 2 aliphatic rings. The molecular weight excluding hydrogens is 618 g/mol. The molecule has 3 unspecified atom stereocenters. The lowest BCUT2D eigenvalue weighted by atomic mass is 10.0. The summed E-state index contributed by atoms with van der Waals surface area (Å²) in [7, 11) is -1.85. The van der Waals surface area contributed by atoms with Crippen molar-refractivity contribution in [3.63, 3.8) is 0 Å². The van der Waals surface area contributed by atoms with Crippen LogP contribution in [0.3, 0.4) is 0 Å². The third-order valence-corrected chi connectivity index (χ3v) is 8.59. The highest BCUT2D eigenvalue weighted by Gasteiger charge is 2.48. The van der Waals surface area contributed by atoms with Crippen LogP contribution in [0.2, 0.25) is 0 Å². The number of hydrogen-bond acceptors (Lipinski definition) is 7. The Morgan fingerprint density at radius 1 is 1.07 bits per heavy atom. The summed E-state index contributed by atoms with van der Waals surface area (Å²) in [6, 6.07) is 16.3. The second-order valence-corrected chi connectivity index (χ2v) is 14.2. The average molecular weight is 661 g/mol. The molecule has 1 fully saturated rings. The molecule has 46 heavy (non-hydrogen) atoms. The van der Waals surface area contributed by atoms with Crippen LogP contribution in [-0.2, 0) is 38.2 Å². The summed E-state index contributed by atoms with van der Waals surface area (Å²) >= 11 is 0. The van der Waals surface area contributed by atoms with E-state index in [1.54, 1.807) is 25.1 Å². The molecule has 1 heterocycles. The zero-order chi connectivity index (χ0) is 33.6. The summed E-state index contributed by atoms with van der Waals surface area (Å²) in [5.41, 5.74) is 1.36. The van der Waals surface area contributed by atoms with Crippen LogP contribution in [0.1, 0.15) is 45.7 Å². The molecule has 0 saturated carbocycles. The molecule has 250 valence electrons. The number of alkyl halides is 2. The number of allylic oxidation sites excluding steroid dienone is 1. The monoisotopic (exact) mass is 660 g/mol. The van der Waals surface area contributed by atoms with Crippen LogP contribution in [0.25, 0.3) is 0 Å². The molecule has 2 N–H and O–H groups in total. The van der Waals surface area contributed by atoms with Crippen molar-refractivity contribution in [1.82, 2.24) is 9.62 Å². The normalized spacial score (nSPS) is 19.3. The maximum absolute atomic E-state index is 13.9. The number of benzene rings is 2. The zero-order valence-corrected chi connectivity index (χ0v) is 27.5. The maximum atomic E-state index is 13.9. The Morgan fingerprint density at radius 2 is 1.72 bits per heavy atom. The summed E-state index contributed by atoms with van der Waals surface area (Å²) in [6.45, 7) is 13.6. The van der Waals surface area contributed by atoms with Gasteiger partial charge in [0.1, 0.15) is 28.9 Å². The topological polar surface area (TPSA) is 107 Å². The van der Waals surface area contributed by atoms with Gasteiger partial charge >= 0.3 is 12.4 Å². The number of aliphatic hydroxyl groups excluding tert-OH is 1. The number of hydrogen-bond donors (Lipinski definition) is 2. The summed E-state index contributed by atoms with van der Waals surface area (Å²) < 4.78 is 63.3. The summed E-state index contributed by atoms with van der Waals surface area (Å²) in [5, 5.41) is 13.4. The standard InChI is InChI=1S/C34H42F2N2O7S/c1-22(2)19-38(46(41)31-18-30-29(16-23(31)3)43-34(35,36)44-30)20-28(39)27(37-32(40)45-33(4,5)6)17-24-12-14-26(15-13-24)42-21-25-10-8-7-9-11-25/h7-16,18,22,27-28,31,39H,3,17,19-21H2,1-2,4-6H3,(H,37,40)/t27-,28?,31?,46?/m0/s1. The van der Waals surface area contributed by atoms with E-state index < -0.39 is 46.4 Å². The number of alkyl carbamates (subject to hydrolysis) is 1. The first-order valence-electron chi connectivity index (χ1n) is 15.1. The van der Waals surface area contributed by atoms with Crippen LogP contribution >= 0.6 is 0 Å². The fourth-order valence-electron chi connectivity index (χ4n) is 4.86. The first kappa shape index (κ1) is 35.1. The smallest absolute Gasteiger partial charge is 0.489 e. The number of halogens is 2. The van der Waals surface area contributed by atoms with E-state index in [4.69, 9.17) is 9.47 Å². The van der Waals surface area contributed by atoms with Crippen LogP contribution in [0.5, 0.6) is 5.75 Å². The molecular formula is C34H42F2N2O7S. The van der Waals surface area contributed by atoms with Crippen molar-refractivity contribution in [2.24, 2.45) is 5.92 Å². The van der Waals surface area contributed by atoms with Gasteiger partial charge in [-0.05, 0) is 74.1 Å². The first-order valence-corrected chi connectivity index (χ1v) is 16.2. The predicted molar refractivity (Wildman–Crippen MR) is 171 cm³/mol. The van der Waals surface area contributed by atoms with Crippen LogP contribution in [0.15, 0.2) is 90.4 Å². The number of carbonyl (C=O) groups is 1. The minimum absolute atomic E-state index is 0.0304. The van der Waals surface area contributed by atoms with Gasteiger partial charge in [-0.3, -0.25) is 0 Å². The molecule has 2 aromatic rings. The fraction of sp³-hybridized carbons (Fsp3) is 0.441. The summed E-state index contributed by atoms with van der Waals surface area (Å²) in [5.74, 6) is 0.290. The van der Waals surface area contributed by atoms with Crippen molar-refractivity contribution in [3.8, 4) is 5.75 Å². The predicted octanol–water partition coefficient (Wildman–Crippen LogP) is 5.99. The average Bonchev–Trinajstić information content (AvgIpc) is 3.27. The van der Waals surface area contributed by atoms with Crippen molar-refractivity contribution in [3.05, 3.63) is 102 Å². The molecule has 2 aromatic carbocycles. The van der Waals surface area contributed by atoms with Crippen molar-refractivity contribution in [2.75, 3.05) is 13.1 Å². The Balaban J connectivity index is 1.50. The van der Waals surface area contributed by atoms with Crippen molar-refractivity contribution in [1.29, 1.82) is 0 Å².